The van der Waals surface area contributed by atoms with Crippen molar-refractivity contribution < 1.29 is 33.8 Å². The highest BCUT2D eigenvalue weighted by atomic mass is 16.4. The second kappa shape index (κ2) is 12.5. The number of oxazole rings is 1. The lowest BCUT2D eigenvalue weighted by molar-refractivity contribution is -0.147. The number of carbonyl (C=O) groups excluding carboxylic acids is 2. The molecule has 37 heavy (non-hydrogen) atoms. The molecule has 0 spiro atoms. The Morgan fingerprint density at radius 2 is 1.73 bits per heavy atom. The van der Waals surface area contributed by atoms with E-state index >= 15 is 0 Å². The number of anilines is 2. The van der Waals surface area contributed by atoms with Crippen LogP contribution in [-0.4, -0.2) is 51.0 Å². The topological polar surface area (TPSA) is 183 Å². The fraction of sp³-hybridized carbons (Fsp3) is 0.320. The quantitative estimate of drug-likeness (QED) is 0.186. The van der Waals surface area contributed by atoms with Crippen LogP contribution in [-0.2, 0) is 25.6 Å². The Kier molecular flexibility index (Phi) is 9.16. The number of aromatic nitrogens is 1. The monoisotopic (exact) mass is 511 g/mol. The summed E-state index contributed by atoms with van der Waals surface area (Å²) in [5.41, 5.74) is 7.68. The SMILES string of the molecule is CC(C)C[C@H](NNC(=O)Cc1ccc2nc(Nc3ccccc3)oc2c1)C(=O)N[C@@H](CC(=O)O)C(=O)O. The molecular formula is C25H29N5O7. The van der Waals surface area contributed by atoms with Crippen LogP contribution < -0.4 is 21.5 Å². The Hall–Kier alpha value is -4.45. The van der Waals surface area contributed by atoms with Gasteiger partial charge in [-0.25, -0.2) is 10.2 Å². The average Bonchev–Trinajstić information content (AvgIpc) is 3.22. The van der Waals surface area contributed by atoms with E-state index in [1.165, 1.54) is 0 Å². The number of carboxylic acids is 2. The van der Waals surface area contributed by atoms with Gasteiger partial charge in [-0.05, 0) is 42.2 Å². The maximum Gasteiger partial charge on any atom is 0.326 e. The highest BCUT2D eigenvalue weighted by Gasteiger charge is 2.28. The fourth-order valence-corrected chi connectivity index (χ4v) is 3.52. The number of hydrogen-bond acceptors (Lipinski definition) is 8. The first-order chi connectivity index (χ1) is 17.6. The number of carbonyl (C=O) groups is 4. The zero-order valence-corrected chi connectivity index (χ0v) is 20.4. The Morgan fingerprint density at radius 3 is 2.38 bits per heavy atom. The van der Waals surface area contributed by atoms with Gasteiger partial charge in [0.2, 0.25) is 11.8 Å². The van der Waals surface area contributed by atoms with Gasteiger partial charge in [0.15, 0.2) is 5.58 Å². The summed E-state index contributed by atoms with van der Waals surface area (Å²) in [6, 6.07) is 12.3. The normalized spacial score (nSPS) is 12.6. The molecule has 0 radical (unpaired) electrons. The number of benzene rings is 2. The largest absolute Gasteiger partial charge is 0.481 e. The molecule has 196 valence electrons. The lowest BCUT2D eigenvalue weighted by atomic mass is 10.0. The van der Waals surface area contributed by atoms with Crippen LogP contribution in [0, 0.1) is 5.92 Å². The van der Waals surface area contributed by atoms with E-state index in [1.54, 1.807) is 18.2 Å². The molecule has 12 nitrogen and oxygen atoms in total. The molecule has 1 heterocycles. The van der Waals surface area contributed by atoms with E-state index in [2.05, 4.69) is 26.5 Å². The van der Waals surface area contributed by atoms with Crippen molar-refractivity contribution in [1.82, 2.24) is 21.2 Å². The summed E-state index contributed by atoms with van der Waals surface area (Å²) in [4.78, 5) is 51.7. The van der Waals surface area contributed by atoms with Gasteiger partial charge in [-0.3, -0.25) is 19.8 Å². The number of fused-ring (bicyclic) bond motifs is 1. The van der Waals surface area contributed by atoms with E-state index in [-0.39, 0.29) is 18.8 Å². The van der Waals surface area contributed by atoms with Gasteiger partial charge in [0, 0.05) is 5.69 Å². The summed E-state index contributed by atoms with van der Waals surface area (Å²) < 4.78 is 5.74. The number of aliphatic carboxylic acids is 2. The molecule has 2 atom stereocenters. The summed E-state index contributed by atoms with van der Waals surface area (Å²) in [6.07, 6.45) is -0.529. The van der Waals surface area contributed by atoms with Gasteiger partial charge in [0.05, 0.1) is 12.8 Å². The maximum absolute atomic E-state index is 12.6. The molecule has 6 N–H and O–H groups in total. The van der Waals surface area contributed by atoms with Crippen LogP contribution in [0.15, 0.2) is 52.9 Å². The third kappa shape index (κ3) is 8.32. The third-order valence-corrected chi connectivity index (χ3v) is 5.25. The number of hydrogen-bond donors (Lipinski definition) is 6. The van der Waals surface area contributed by atoms with Crippen LogP contribution in [0.3, 0.4) is 0 Å². The molecule has 2 amide bonds. The van der Waals surface area contributed by atoms with Crippen molar-refractivity contribution in [2.45, 2.75) is 45.2 Å². The van der Waals surface area contributed by atoms with Crippen molar-refractivity contribution in [3.8, 4) is 0 Å². The summed E-state index contributed by atoms with van der Waals surface area (Å²) in [5, 5.41) is 23.3. The van der Waals surface area contributed by atoms with Crippen molar-refractivity contribution in [2.24, 2.45) is 5.92 Å². The smallest absolute Gasteiger partial charge is 0.326 e. The predicted octanol–water partition coefficient (Wildman–Crippen LogP) is 2.19. The standard InChI is InChI=1S/C25H29N5O7/c1-14(2)10-18(23(34)27-19(24(35)36)13-22(32)33)29-30-21(31)12-15-8-9-17-20(11-15)37-25(28-17)26-16-6-4-3-5-7-16/h3-9,11,14,18-19,29H,10,12-13H2,1-2H3,(H,26,28)(H,27,34)(H,30,31)(H,32,33)(H,35,36)/t18-,19-/m0/s1. The minimum absolute atomic E-state index is 0.0236. The third-order valence-electron chi connectivity index (χ3n) is 5.25. The van der Waals surface area contributed by atoms with Crippen LogP contribution in [0.2, 0.25) is 0 Å². The van der Waals surface area contributed by atoms with E-state index in [1.807, 2.05) is 44.2 Å². The Balaban J connectivity index is 1.60. The Labute approximate surface area is 212 Å². The second-order valence-electron chi connectivity index (χ2n) is 8.86. The predicted molar refractivity (Wildman–Crippen MR) is 134 cm³/mol. The molecule has 0 aliphatic rings. The first-order valence-electron chi connectivity index (χ1n) is 11.6. The van der Waals surface area contributed by atoms with Crippen LogP contribution in [0.1, 0.15) is 32.3 Å². The first kappa shape index (κ1) is 27.1. The van der Waals surface area contributed by atoms with Crippen molar-refractivity contribution in [3.05, 3.63) is 54.1 Å². The molecule has 12 heteroatoms. The summed E-state index contributed by atoms with van der Waals surface area (Å²) in [5.74, 6) is -3.97. The number of nitrogens with one attached hydrogen (secondary N) is 4. The van der Waals surface area contributed by atoms with Crippen molar-refractivity contribution in [1.29, 1.82) is 0 Å². The number of rotatable bonds is 13. The van der Waals surface area contributed by atoms with E-state index in [4.69, 9.17) is 9.52 Å². The average molecular weight is 512 g/mol. The molecule has 2 aromatic carbocycles. The van der Waals surface area contributed by atoms with Gasteiger partial charge < -0.3 is 25.3 Å². The molecule has 3 rings (SSSR count). The highest BCUT2D eigenvalue weighted by Crippen LogP contribution is 2.23. The molecule has 0 saturated heterocycles. The number of carboxylic acid groups (broad SMARTS) is 2. The molecule has 0 saturated carbocycles. The van der Waals surface area contributed by atoms with E-state index in [9.17, 15) is 24.3 Å². The van der Waals surface area contributed by atoms with Crippen molar-refractivity contribution >= 4 is 46.6 Å². The molecule has 0 bridgehead atoms. The molecule has 1 aromatic heterocycles. The molecule has 0 fully saturated rings. The van der Waals surface area contributed by atoms with Crippen molar-refractivity contribution in [2.75, 3.05) is 5.32 Å². The first-order valence-corrected chi connectivity index (χ1v) is 11.6. The Morgan fingerprint density at radius 1 is 1.00 bits per heavy atom. The number of amides is 2. The van der Waals surface area contributed by atoms with Gasteiger partial charge in [-0.2, -0.15) is 4.98 Å². The lowest BCUT2D eigenvalue weighted by Crippen LogP contribution is -2.55. The van der Waals surface area contributed by atoms with E-state index in [0.29, 0.717) is 22.7 Å². The number of para-hydroxylation sites is 1. The summed E-state index contributed by atoms with van der Waals surface area (Å²) in [6.45, 7) is 3.70. The van der Waals surface area contributed by atoms with E-state index < -0.39 is 42.3 Å². The number of nitrogens with zero attached hydrogens (tertiary/aromatic N) is 1. The molecule has 0 aliphatic heterocycles. The van der Waals surface area contributed by atoms with Crippen LogP contribution in [0.5, 0.6) is 0 Å². The van der Waals surface area contributed by atoms with Crippen molar-refractivity contribution in [3.63, 3.8) is 0 Å². The second-order valence-corrected chi connectivity index (χ2v) is 8.86. The minimum atomic E-state index is -1.59. The summed E-state index contributed by atoms with van der Waals surface area (Å²) in [7, 11) is 0. The van der Waals surface area contributed by atoms with Crippen LogP contribution in [0.25, 0.3) is 11.1 Å². The Bertz CT molecular complexity index is 1260. The zero-order valence-electron chi connectivity index (χ0n) is 20.4. The molecule has 0 unspecified atom stereocenters. The fourth-order valence-electron chi connectivity index (χ4n) is 3.52. The molecule has 3 aromatic rings. The lowest BCUT2D eigenvalue weighted by Gasteiger charge is -2.22. The zero-order chi connectivity index (χ0) is 26.9. The molecular weight excluding hydrogens is 482 g/mol. The van der Waals surface area contributed by atoms with E-state index in [0.717, 1.165) is 5.69 Å². The van der Waals surface area contributed by atoms with Crippen LogP contribution >= 0.6 is 0 Å². The maximum atomic E-state index is 12.6. The van der Waals surface area contributed by atoms with Gasteiger partial charge in [-0.15, -0.1) is 0 Å². The van der Waals surface area contributed by atoms with Gasteiger partial charge in [0.1, 0.15) is 17.6 Å². The minimum Gasteiger partial charge on any atom is -0.481 e. The highest BCUT2D eigenvalue weighted by molar-refractivity contribution is 5.89. The van der Waals surface area contributed by atoms with Crippen LogP contribution in [0.4, 0.5) is 11.7 Å². The van der Waals surface area contributed by atoms with Gasteiger partial charge in [0.25, 0.3) is 6.01 Å². The van der Waals surface area contributed by atoms with Gasteiger partial charge in [-0.1, -0.05) is 38.1 Å². The summed E-state index contributed by atoms with van der Waals surface area (Å²) >= 11 is 0. The molecule has 0 aliphatic carbocycles. The number of hydrazine groups is 1. The van der Waals surface area contributed by atoms with Gasteiger partial charge >= 0.3 is 11.9 Å².